The van der Waals surface area contributed by atoms with Gasteiger partial charge in [-0.2, -0.15) is 0 Å². The van der Waals surface area contributed by atoms with E-state index in [9.17, 15) is 4.79 Å². The molecule has 65 heavy (non-hydrogen) atoms. The number of para-hydroxylation sites is 4. The molecule has 0 saturated heterocycles. The van der Waals surface area contributed by atoms with E-state index in [4.69, 9.17) is 20.4 Å². The number of benzene rings is 8. The number of hydrogen-bond donors (Lipinski definition) is 0. The quantitative estimate of drug-likeness (QED) is 0.130. The van der Waals surface area contributed by atoms with E-state index in [-0.39, 0.29) is 5.43 Å². The lowest BCUT2D eigenvalue weighted by molar-refractivity contribution is 0.871. The number of hydrogen-bond acceptors (Lipinski definition) is 6. The summed E-state index contributed by atoms with van der Waals surface area (Å²) in [4.78, 5) is 15.9. The van der Waals surface area contributed by atoms with Crippen LogP contribution in [-0.4, -0.2) is 33.0 Å². The van der Waals surface area contributed by atoms with Gasteiger partial charge >= 0.3 is 0 Å². The zero-order chi connectivity index (χ0) is 44.3. The van der Waals surface area contributed by atoms with Crippen LogP contribution in [0.3, 0.4) is 0 Å². The molecular formula is C57H44N6OSi. The summed E-state index contributed by atoms with van der Waals surface area (Å²) in [7, 11) is -2.69. The fourth-order valence-corrected chi connectivity index (χ4v) is 16.7. The van der Waals surface area contributed by atoms with E-state index in [2.05, 4.69) is 160 Å². The molecule has 2 aromatic heterocycles. The average molecular weight is 857 g/mol. The molecule has 0 amide bonds. The van der Waals surface area contributed by atoms with Crippen molar-refractivity contribution in [3.05, 3.63) is 201 Å². The van der Waals surface area contributed by atoms with Crippen LogP contribution >= 0.6 is 0 Å². The van der Waals surface area contributed by atoms with Gasteiger partial charge in [-0.05, 0) is 156 Å². The molecule has 8 aromatic carbocycles. The highest BCUT2D eigenvalue weighted by Gasteiger charge is 2.54. The van der Waals surface area contributed by atoms with Crippen LogP contribution in [0.25, 0.3) is 61.4 Å². The van der Waals surface area contributed by atoms with Gasteiger partial charge in [0.05, 0.1) is 11.0 Å². The molecule has 0 fully saturated rings. The van der Waals surface area contributed by atoms with Gasteiger partial charge in [0.1, 0.15) is 0 Å². The lowest BCUT2D eigenvalue weighted by Gasteiger charge is -2.43. The summed E-state index contributed by atoms with van der Waals surface area (Å²) in [6.45, 7) is 12.8. The van der Waals surface area contributed by atoms with E-state index in [0.29, 0.717) is 22.4 Å². The molecule has 8 heteroatoms. The Morgan fingerprint density at radius 2 is 0.815 bits per heavy atom. The van der Waals surface area contributed by atoms with Gasteiger partial charge in [-0.3, -0.25) is 4.79 Å². The van der Waals surface area contributed by atoms with Gasteiger partial charge in [-0.1, -0.05) is 108 Å². The van der Waals surface area contributed by atoms with Gasteiger partial charge in [0.15, 0.2) is 13.5 Å². The lowest BCUT2D eigenvalue weighted by atomic mass is 9.99. The Balaban J connectivity index is 0.935. The van der Waals surface area contributed by atoms with Crippen molar-refractivity contribution < 1.29 is 0 Å². The van der Waals surface area contributed by atoms with E-state index in [1.54, 1.807) is 0 Å². The second-order valence-corrected chi connectivity index (χ2v) is 21.5. The maximum absolute atomic E-state index is 13.5. The summed E-state index contributed by atoms with van der Waals surface area (Å²) in [6.07, 6.45) is 0. The predicted octanol–water partition coefficient (Wildman–Crippen LogP) is 10.0. The summed E-state index contributed by atoms with van der Waals surface area (Å²) < 4.78 is 2.17. The Labute approximate surface area is 378 Å². The minimum absolute atomic E-state index is 0.0345. The topological polar surface area (TPSA) is 76.8 Å². The molecule has 7 nitrogen and oxygen atoms in total. The number of aromatic nitrogens is 5. The van der Waals surface area contributed by atoms with Crippen molar-refractivity contribution in [2.75, 3.05) is 4.90 Å². The Kier molecular flexibility index (Phi) is 8.57. The monoisotopic (exact) mass is 856 g/mol. The van der Waals surface area contributed by atoms with Crippen LogP contribution in [0.4, 0.5) is 17.1 Å². The second-order valence-electron chi connectivity index (χ2n) is 17.9. The Morgan fingerprint density at radius 1 is 0.415 bits per heavy atom. The third-order valence-corrected chi connectivity index (χ3v) is 18.8. The zero-order valence-corrected chi connectivity index (χ0v) is 38.1. The highest BCUT2D eigenvalue weighted by Crippen LogP contribution is 2.43. The Bertz CT molecular complexity index is 3520. The Morgan fingerprint density at radius 3 is 1.28 bits per heavy atom. The minimum atomic E-state index is -2.69. The van der Waals surface area contributed by atoms with Gasteiger partial charge in [-0.15, -0.1) is 20.4 Å². The molecule has 0 saturated carbocycles. The Hall–Kier alpha value is -7.81. The molecule has 12 rings (SSSR count). The van der Waals surface area contributed by atoms with Gasteiger partial charge in [0, 0.05) is 44.6 Å². The van der Waals surface area contributed by atoms with Crippen LogP contribution in [-0.2, 0) is 0 Å². The number of fused-ring (bicyclic) bond motifs is 11. The van der Waals surface area contributed by atoms with Crippen LogP contribution in [0.15, 0.2) is 163 Å². The van der Waals surface area contributed by atoms with E-state index in [1.807, 2.05) is 48.5 Å². The summed E-state index contributed by atoms with van der Waals surface area (Å²) in [5, 5.41) is 26.0. The molecule has 0 unspecified atom stereocenters. The third kappa shape index (κ3) is 5.56. The molecule has 0 N–H and O–H groups in total. The molecule has 0 bridgehead atoms. The van der Waals surface area contributed by atoms with Crippen LogP contribution < -0.4 is 31.1 Å². The lowest BCUT2D eigenvalue weighted by Crippen LogP contribution is -2.75. The van der Waals surface area contributed by atoms with E-state index in [0.717, 1.165) is 55.8 Å². The number of pyridine rings is 1. The number of rotatable bonds is 4. The summed E-state index contributed by atoms with van der Waals surface area (Å²) in [6, 6.07) is 56.7. The van der Waals surface area contributed by atoms with Crippen molar-refractivity contribution in [2.45, 2.75) is 41.5 Å². The van der Waals surface area contributed by atoms with Crippen molar-refractivity contribution in [1.82, 2.24) is 25.0 Å². The van der Waals surface area contributed by atoms with Crippen LogP contribution in [0.2, 0.25) is 0 Å². The van der Waals surface area contributed by atoms with Crippen LogP contribution in [0, 0.1) is 41.5 Å². The highest BCUT2D eigenvalue weighted by molar-refractivity contribution is 7.23. The van der Waals surface area contributed by atoms with Crippen molar-refractivity contribution in [1.29, 1.82) is 0 Å². The third-order valence-electron chi connectivity index (χ3n) is 13.8. The van der Waals surface area contributed by atoms with Gasteiger partial charge in [0.25, 0.3) is 0 Å². The molecule has 4 heterocycles. The number of nitrogens with zero attached hydrogens (tertiary/aromatic N) is 6. The van der Waals surface area contributed by atoms with E-state index >= 15 is 0 Å². The smallest absolute Gasteiger partial charge is 0.204 e. The fourth-order valence-electron chi connectivity index (χ4n) is 11.2. The molecule has 0 atom stereocenters. The van der Waals surface area contributed by atoms with E-state index in [1.165, 1.54) is 54.4 Å². The summed E-state index contributed by atoms with van der Waals surface area (Å²) in [5.41, 5.74) is 17.4. The van der Waals surface area contributed by atoms with Crippen molar-refractivity contribution in [2.24, 2.45) is 0 Å². The fraction of sp³-hybridized carbons (Fsp3) is 0.105. The van der Waals surface area contributed by atoms with Gasteiger partial charge in [0.2, 0.25) is 11.6 Å². The number of anilines is 3. The molecule has 312 valence electrons. The SMILES string of the molecule is Cc1ccc2c(c1)-c1cc(C)ccc1[Si]21c2ccccc2N(c2cc(C)c(-c3nnc(-c4c(C)cc(-n5c6ccccc6c(=O)c6ccccc65)cc4C)nn3)c(C)c2)c2ccccc21. The molecular weight excluding hydrogens is 813 g/mol. The largest absolute Gasteiger partial charge is 0.311 e. The molecule has 1 spiro atoms. The van der Waals surface area contributed by atoms with Crippen molar-refractivity contribution in [3.63, 3.8) is 0 Å². The minimum Gasteiger partial charge on any atom is -0.311 e. The van der Waals surface area contributed by atoms with Crippen LogP contribution in [0.5, 0.6) is 0 Å². The first-order valence-corrected chi connectivity index (χ1v) is 24.2. The van der Waals surface area contributed by atoms with Crippen LogP contribution in [0.1, 0.15) is 33.4 Å². The zero-order valence-electron chi connectivity index (χ0n) is 37.1. The maximum Gasteiger partial charge on any atom is 0.204 e. The first kappa shape index (κ1) is 38.8. The molecule has 2 aliphatic heterocycles. The van der Waals surface area contributed by atoms with Gasteiger partial charge < -0.3 is 9.47 Å². The standard InChI is InChI=1S/C57H44N6OSi/c1-33-23-25-49-43(27-33)44-28-34(2)24-26-50(44)65(49)51-21-13-11-19-47(51)63(48-20-12-14-22-52(48)65)40-31-37(5)54(38(6)32-40)57-60-58-56(59-61-57)53-35(3)29-39(30-36(53)4)62-45-17-9-7-15-41(45)55(64)42-16-8-10-18-46(42)62/h7-32H,1-6H3. The average Bonchev–Trinajstić information content (AvgIpc) is 3.58. The maximum atomic E-state index is 13.5. The summed E-state index contributed by atoms with van der Waals surface area (Å²) >= 11 is 0. The first-order chi connectivity index (χ1) is 31.6. The molecule has 2 aliphatic rings. The van der Waals surface area contributed by atoms with Crippen molar-refractivity contribution >= 4 is 67.7 Å². The summed E-state index contributed by atoms with van der Waals surface area (Å²) in [5.74, 6) is 0.959. The van der Waals surface area contributed by atoms with Crippen molar-refractivity contribution in [3.8, 4) is 39.6 Å². The molecule has 0 radical (unpaired) electrons. The highest BCUT2D eigenvalue weighted by atomic mass is 28.3. The first-order valence-electron chi connectivity index (χ1n) is 22.2. The van der Waals surface area contributed by atoms with E-state index < -0.39 is 8.07 Å². The predicted molar refractivity (Wildman–Crippen MR) is 268 cm³/mol. The van der Waals surface area contributed by atoms with Gasteiger partial charge in [-0.25, -0.2) is 0 Å². The normalized spacial score (nSPS) is 13.2. The molecule has 0 aliphatic carbocycles. The second kappa shape index (κ2) is 14.4. The molecule has 10 aromatic rings. The number of aryl methyl sites for hydroxylation is 6.